The molecule has 1 aliphatic heterocycles. The second kappa shape index (κ2) is 25.6. The number of methoxy groups -OCH3 is 1. The van der Waals surface area contributed by atoms with E-state index in [9.17, 15) is 24.0 Å². The molecule has 0 aromatic carbocycles. The van der Waals surface area contributed by atoms with E-state index in [4.69, 9.17) is 42.7 Å². The molecule has 0 aromatic rings. The lowest BCUT2D eigenvalue weighted by Crippen LogP contribution is -2.49. The van der Waals surface area contributed by atoms with Crippen molar-refractivity contribution in [3.05, 3.63) is 0 Å². The SMILES string of the molecule is COCCOCCOCCOCCOCCOCCOCCNC(=O)[C@H](CC(=O)ON1C(=O)CCC1=O)NC(=O)OCC1[C@H]2CCC#CCC[C@@H]12. The average Bonchev–Trinajstić information content (AvgIpc) is 3.65. The molecule has 3 aliphatic rings. The molecule has 1 unspecified atom stereocenters. The zero-order valence-corrected chi connectivity index (χ0v) is 29.5. The number of ether oxygens (including phenoxy) is 8. The first-order valence-corrected chi connectivity index (χ1v) is 17.6. The Balaban J connectivity index is 1.23. The van der Waals surface area contributed by atoms with Crippen molar-refractivity contribution in [3.63, 3.8) is 0 Å². The van der Waals surface area contributed by atoms with Crippen LogP contribution in [0.25, 0.3) is 0 Å². The third-order valence-electron chi connectivity index (χ3n) is 8.26. The van der Waals surface area contributed by atoms with Gasteiger partial charge in [0.25, 0.3) is 11.8 Å². The molecule has 4 atom stereocenters. The Kier molecular flexibility index (Phi) is 21.1. The molecular formula is C34H53N3O14. The van der Waals surface area contributed by atoms with Gasteiger partial charge in [-0.15, -0.1) is 16.9 Å². The van der Waals surface area contributed by atoms with E-state index in [1.54, 1.807) is 7.11 Å². The molecular weight excluding hydrogens is 674 g/mol. The lowest BCUT2D eigenvalue weighted by atomic mass is 10.1. The van der Waals surface area contributed by atoms with E-state index in [-0.39, 0.29) is 45.1 Å². The largest absolute Gasteiger partial charge is 0.449 e. The maximum atomic E-state index is 12.9. The fourth-order valence-corrected chi connectivity index (χ4v) is 5.52. The van der Waals surface area contributed by atoms with Crippen molar-refractivity contribution >= 4 is 29.8 Å². The van der Waals surface area contributed by atoms with E-state index in [1.165, 1.54) is 0 Å². The van der Waals surface area contributed by atoms with Crippen molar-refractivity contribution in [2.24, 2.45) is 17.8 Å². The summed E-state index contributed by atoms with van der Waals surface area (Å²) in [7, 11) is 1.62. The van der Waals surface area contributed by atoms with Gasteiger partial charge in [0.05, 0.1) is 98.9 Å². The highest BCUT2D eigenvalue weighted by Gasteiger charge is 2.49. The fraction of sp³-hybridized carbons (Fsp3) is 0.794. The van der Waals surface area contributed by atoms with Gasteiger partial charge in [0, 0.05) is 39.3 Å². The Bertz CT molecular complexity index is 1110. The van der Waals surface area contributed by atoms with E-state index in [2.05, 4.69) is 22.5 Å². The van der Waals surface area contributed by atoms with Crippen LogP contribution in [0, 0.1) is 29.6 Å². The van der Waals surface area contributed by atoms with Gasteiger partial charge in [0.2, 0.25) is 5.91 Å². The Morgan fingerprint density at radius 1 is 0.725 bits per heavy atom. The van der Waals surface area contributed by atoms with E-state index < -0.39 is 42.2 Å². The number of fused-ring (bicyclic) bond motifs is 1. The number of hydrogen-bond donors (Lipinski definition) is 2. The molecule has 0 bridgehead atoms. The normalized spacial score (nSPS) is 20.0. The van der Waals surface area contributed by atoms with Gasteiger partial charge in [-0.1, -0.05) is 0 Å². The topological polar surface area (TPSA) is 196 Å². The zero-order chi connectivity index (χ0) is 36.5. The summed E-state index contributed by atoms with van der Waals surface area (Å²) in [5.74, 6) is 4.39. The quantitative estimate of drug-likeness (QED) is 0.0638. The molecule has 0 spiro atoms. The van der Waals surface area contributed by atoms with Crippen LogP contribution in [0.2, 0.25) is 0 Å². The average molecular weight is 728 g/mol. The van der Waals surface area contributed by atoms with Crippen LogP contribution in [0.5, 0.6) is 0 Å². The Labute approximate surface area is 298 Å². The molecule has 2 aliphatic carbocycles. The number of nitrogens with zero attached hydrogens (tertiary/aromatic N) is 1. The lowest BCUT2D eigenvalue weighted by molar-refractivity contribution is -0.197. The first-order valence-electron chi connectivity index (χ1n) is 17.6. The minimum atomic E-state index is -1.38. The Morgan fingerprint density at radius 2 is 1.20 bits per heavy atom. The number of rotatable bonds is 28. The minimum Gasteiger partial charge on any atom is -0.449 e. The molecule has 1 saturated heterocycles. The van der Waals surface area contributed by atoms with Gasteiger partial charge in [-0.2, -0.15) is 0 Å². The van der Waals surface area contributed by atoms with E-state index in [0.717, 1.165) is 25.7 Å². The molecule has 2 N–H and O–H groups in total. The van der Waals surface area contributed by atoms with Crippen molar-refractivity contribution < 1.29 is 66.7 Å². The van der Waals surface area contributed by atoms with Crippen LogP contribution in [0.4, 0.5) is 4.79 Å². The van der Waals surface area contributed by atoms with Crippen molar-refractivity contribution in [1.82, 2.24) is 15.7 Å². The molecule has 4 amide bonds. The molecule has 2 fully saturated rings. The molecule has 0 radical (unpaired) electrons. The van der Waals surface area contributed by atoms with Crippen LogP contribution in [-0.2, 0) is 61.9 Å². The summed E-state index contributed by atoms with van der Waals surface area (Å²) >= 11 is 0. The lowest BCUT2D eigenvalue weighted by Gasteiger charge is -2.19. The summed E-state index contributed by atoms with van der Waals surface area (Å²) in [6.07, 6.45) is 1.92. The number of carbonyl (C=O) groups excluding carboxylic acids is 5. The molecule has 1 heterocycles. The summed E-state index contributed by atoms with van der Waals surface area (Å²) in [4.78, 5) is 66.7. The smallest absolute Gasteiger partial charge is 0.407 e. The number of amides is 4. The number of alkyl carbamates (subject to hydrolysis) is 1. The number of nitrogens with one attached hydrogen (secondary N) is 2. The van der Waals surface area contributed by atoms with Gasteiger partial charge in [0.1, 0.15) is 6.04 Å². The Morgan fingerprint density at radius 3 is 1.69 bits per heavy atom. The summed E-state index contributed by atoms with van der Waals surface area (Å²) in [6, 6.07) is -1.38. The van der Waals surface area contributed by atoms with Gasteiger partial charge in [-0.3, -0.25) is 14.4 Å². The highest BCUT2D eigenvalue weighted by Crippen LogP contribution is 2.52. The van der Waals surface area contributed by atoms with Gasteiger partial charge in [-0.25, -0.2) is 9.59 Å². The monoisotopic (exact) mass is 727 g/mol. The zero-order valence-electron chi connectivity index (χ0n) is 29.5. The number of carbonyl (C=O) groups is 5. The third kappa shape index (κ3) is 17.6. The fourth-order valence-electron chi connectivity index (χ4n) is 5.52. The number of hydrogen-bond acceptors (Lipinski definition) is 14. The van der Waals surface area contributed by atoms with Gasteiger partial charge < -0.3 is 53.4 Å². The van der Waals surface area contributed by atoms with E-state index in [0.29, 0.717) is 89.6 Å². The van der Waals surface area contributed by atoms with Crippen LogP contribution in [0.15, 0.2) is 0 Å². The molecule has 0 aromatic heterocycles. The first-order chi connectivity index (χ1) is 24.9. The maximum Gasteiger partial charge on any atom is 0.407 e. The predicted octanol–water partition coefficient (Wildman–Crippen LogP) is 0.380. The summed E-state index contributed by atoms with van der Waals surface area (Å²) in [5.41, 5.74) is 0. The number of hydroxylamine groups is 2. The van der Waals surface area contributed by atoms with E-state index >= 15 is 0 Å². The predicted molar refractivity (Wildman–Crippen MR) is 177 cm³/mol. The second-order valence-corrected chi connectivity index (χ2v) is 11.9. The molecule has 1 saturated carbocycles. The number of imide groups is 1. The van der Waals surface area contributed by atoms with Gasteiger partial charge in [-0.05, 0) is 30.6 Å². The van der Waals surface area contributed by atoms with Crippen LogP contribution in [0.1, 0.15) is 44.9 Å². The van der Waals surface area contributed by atoms with Crippen LogP contribution < -0.4 is 10.6 Å². The van der Waals surface area contributed by atoms with Crippen LogP contribution in [-0.4, -0.2) is 147 Å². The van der Waals surface area contributed by atoms with Crippen LogP contribution in [0.3, 0.4) is 0 Å². The molecule has 288 valence electrons. The second-order valence-electron chi connectivity index (χ2n) is 11.9. The molecule has 51 heavy (non-hydrogen) atoms. The highest BCUT2D eigenvalue weighted by molar-refractivity contribution is 6.01. The van der Waals surface area contributed by atoms with Crippen molar-refractivity contribution in [1.29, 1.82) is 0 Å². The molecule has 3 rings (SSSR count). The maximum absolute atomic E-state index is 12.9. The van der Waals surface area contributed by atoms with Crippen molar-refractivity contribution in [2.45, 2.75) is 51.0 Å². The first kappa shape index (κ1) is 42.0. The van der Waals surface area contributed by atoms with Crippen molar-refractivity contribution in [3.8, 4) is 11.8 Å². The highest BCUT2D eigenvalue weighted by atomic mass is 16.7. The summed E-state index contributed by atoms with van der Waals surface area (Å²) in [6.45, 7) is 5.68. The van der Waals surface area contributed by atoms with Crippen LogP contribution >= 0.6 is 0 Å². The van der Waals surface area contributed by atoms with Crippen molar-refractivity contribution in [2.75, 3.05) is 106 Å². The Hall–Kier alpha value is -3.37. The third-order valence-corrected chi connectivity index (χ3v) is 8.26. The standard InChI is InChI=1S/C34H53N3O14/c1-43-12-13-45-16-17-47-20-21-49-23-22-48-19-18-46-15-14-44-11-10-35-33(41)29(24-32(40)51-37-30(38)8-9-31(37)39)36-34(42)50-25-28-26-6-4-2-3-5-7-27(26)28/h26-29H,4-25H2,1H3,(H,35,41)(H,36,42)/t26-,27+,28?,29-/m0/s1. The summed E-state index contributed by atoms with van der Waals surface area (Å²) < 4.78 is 42.8. The van der Waals surface area contributed by atoms with Gasteiger partial charge >= 0.3 is 12.1 Å². The minimum absolute atomic E-state index is 0.0743. The molecule has 17 nitrogen and oxygen atoms in total. The van der Waals surface area contributed by atoms with Gasteiger partial charge in [0.15, 0.2) is 0 Å². The van der Waals surface area contributed by atoms with E-state index in [1.807, 2.05) is 0 Å². The summed E-state index contributed by atoms with van der Waals surface area (Å²) in [5, 5.41) is 5.41. The molecule has 17 heteroatoms.